The molecule has 1 aliphatic rings. The van der Waals surface area contributed by atoms with Crippen LogP contribution in [0.5, 0.6) is 0 Å². The summed E-state index contributed by atoms with van der Waals surface area (Å²) >= 11 is 0. The Morgan fingerprint density at radius 3 is 2.43 bits per heavy atom. The molecule has 0 aromatic heterocycles. The zero-order valence-corrected chi connectivity index (χ0v) is 12.3. The van der Waals surface area contributed by atoms with E-state index in [9.17, 15) is 9.59 Å². The smallest absolute Gasteiger partial charge is 0.308 e. The summed E-state index contributed by atoms with van der Waals surface area (Å²) in [5.74, 6) is -1.44. The van der Waals surface area contributed by atoms with Crippen molar-refractivity contribution in [1.29, 1.82) is 0 Å². The number of nitrogens with two attached hydrogens (primary N) is 1. The monoisotopic (exact) mass is 290 g/mol. The third kappa shape index (κ3) is 3.35. The molecule has 5 nitrogen and oxygen atoms in total. The van der Waals surface area contributed by atoms with Crippen molar-refractivity contribution in [3.8, 4) is 0 Å². The highest BCUT2D eigenvalue weighted by atomic mass is 16.4. The van der Waals surface area contributed by atoms with Gasteiger partial charge < -0.3 is 16.2 Å². The number of hydrogen-bond acceptors (Lipinski definition) is 3. The van der Waals surface area contributed by atoms with Gasteiger partial charge in [-0.2, -0.15) is 0 Å². The predicted molar refractivity (Wildman–Crippen MR) is 80.8 cm³/mol. The highest BCUT2D eigenvalue weighted by molar-refractivity contribution is 5.91. The molecule has 0 heterocycles. The number of carboxylic acids is 1. The van der Waals surface area contributed by atoms with Crippen LogP contribution >= 0.6 is 0 Å². The molecule has 114 valence electrons. The number of carbonyl (C=O) groups is 2. The summed E-state index contributed by atoms with van der Waals surface area (Å²) in [5, 5.41) is 11.9. The van der Waals surface area contributed by atoms with Crippen molar-refractivity contribution in [2.45, 2.75) is 38.0 Å². The van der Waals surface area contributed by atoms with Crippen LogP contribution in [-0.4, -0.2) is 23.5 Å². The largest absolute Gasteiger partial charge is 0.481 e. The van der Waals surface area contributed by atoms with Crippen LogP contribution in [0, 0.1) is 5.92 Å². The van der Waals surface area contributed by atoms with Gasteiger partial charge in [-0.1, -0.05) is 25.5 Å². The number of aliphatic carboxylic acids is 1. The van der Waals surface area contributed by atoms with Crippen molar-refractivity contribution >= 4 is 17.6 Å². The fraction of sp³-hybridized carbons (Fsp3) is 0.500. The van der Waals surface area contributed by atoms with Crippen LogP contribution in [-0.2, 0) is 15.0 Å². The van der Waals surface area contributed by atoms with E-state index >= 15 is 0 Å². The number of amides is 1. The molecule has 1 aromatic rings. The van der Waals surface area contributed by atoms with E-state index in [0.717, 1.165) is 24.8 Å². The summed E-state index contributed by atoms with van der Waals surface area (Å²) in [6, 6.07) is 7.34. The number of nitrogens with one attached hydrogen (secondary N) is 1. The number of benzene rings is 1. The Balaban J connectivity index is 1.99. The molecule has 0 aliphatic heterocycles. The van der Waals surface area contributed by atoms with Crippen molar-refractivity contribution in [3.63, 3.8) is 0 Å². The van der Waals surface area contributed by atoms with Gasteiger partial charge in [0.05, 0.1) is 11.3 Å². The van der Waals surface area contributed by atoms with Crippen LogP contribution in [0.4, 0.5) is 5.69 Å². The Kier molecular flexibility index (Phi) is 4.50. The van der Waals surface area contributed by atoms with Gasteiger partial charge in [-0.15, -0.1) is 0 Å². The highest BCUT2D eigenvalue weighted by Gasteiger charge is 2.51. The van der Waals surface area contributed by atoms with Crippen molar-refractivity contribution in [2.24, 2.45) is 5.92 Å². The average molecular weight is 290 g/mol. The van der Waals surface area contributed by atoms with Crippen molar-refractivity contribution in [3.05, 3.63) is 29.8 Å². The van der Waals surface area contributed by atoms with Crippen LogP contribution in [0.15, 0.2) is 24.3 Å². The van der Waals surface area contributed by atoms with Crippen molar-refractivity contribution in [2.75, 3.05) is 12.3 Å². The van der Waals surface area contributed by atoms with E-state index in [1.165, 1.54) is 0 Å². The number of nitrogen functional groups attached to an aromatic ring is 1. The van der Waals surface area contributed by atoms with E-state index in [2.05, 4.69) is 5.32 Å². The second-order valence-corrected chi connectivity index (χ2v) is 5.74. The summed E-state index contributed by atoms with van der Waals surface area (Å²) in [7, 11) is 0. The molecule has 4 N–H and O–H groups in total. The standard InChI is InChI=1S/C16H22N2O3/c1-2-3-11(14(19)20)10-18-15(21)16(8-9-16)12-4-6-13(17)7-5-12/h4-7,11H,2-3,8-10,17H2,1H3,(H,18,21)(H,19,20). The molecule has 5 heteroatoms. The van der Waals surface area contributed by atoms with Crippen molar-refractivity contribution in [1.82, 2.24) is 5.32 Å². The van der Waals surface area contributed by atoms with Crippen LogP contribution in [0.2, 0.25) is 0 Å². The lowest BCUT2D eigenvalue weighted by Crippen LogP contribution is -2.39. The number of anilines is 1. The zero-order chi connectivity index (χ0) is 15.5. The van der Waals surface area contributed by atoms with Crippen LogP contribution in [0.1, 0.15) is 38.2 Å². The number of rotatable bonds is 7. The molecule has 1 saturated carbocycles. The third-order valence-electron chi connectivity index (χ3n) is 4.14. The van der Waals surface area contributed by atoms with Gasteiger partial charge in [0.25, 0.3) is 0 Å². The second-order valence-electron chi connectivity index (χ2n) is 5.74. The van der Waals surface area contributed by atoms with Gasteiger partial charge >= 0.3 is 5.97 Å². The summed E-state index contributed by atoms with van der Waals surface area (Å²) in [5.41, 5.74) is 6.81. The summed E-state index contributed by atoms with van der Waals surface area (Å²) in [6.07, 6.45) is 2.96. The molecule has 1 atom stereocenters. The first-order valence-electron chi connectivity index (χ1n) is 7.36. The molecule has 0 spiro atoms. The Morgan fingerprint density at radius 1 is 1.33 bits per heavy atom. The van der Waals surface area contributed by atoms with Crippen LogP contribution < -0.4 is 11.1 Å². The van der Waals surface area contributed by atoms with E-state index in [-0.39, 0.29) is 12.5 Å². The summed E-state index contributed by atoms with van der Waals surface area (Å²) in [6.45, 7) is 2.13. The number of carboxylic acid groups (broad SMARTS) is 1. The Bertz CT molecular complexity index is 521. The first-order chi connectivity index (χ1) is 9.99. The topological polar surface area (TPSA) is 92.4 Å². The molecule has 1 amide bonds. The first-order valence-corrected chi connectivity index (χ1v) is 7.36. The van der Waals surface area contributed by atoms with E-state index in [4.69, 9.17) is 10.8 Å². The fourth-order valence-corrected chi connectivity index (χ4v) is 2.62. The maximum Gasteiger partial charge on any atom is 0.308 e. The number of carbonyl (C=O) groups excluding carboxylic acids is 1. The molecule has 0 radical (unpaired) electrons. The molecule has 21 heavy (non-hydrogen) atoms. The van der Waals surface area contributed by atoms with Gasteiger partial charge in [0, 0.05) is 12.2 Å². The normalized spacial score (nSPS) is 17.0. The Morgan fingerprint density at radius 2 is 1.95 bits per heavy atom. The predicted octanol–water partition coefficient (Wildman–Crippen LogP) is 1.92. The minimum Gasteiger partial charge on any atom is -0.481 e. The molecule has 2 rings (SSSR count). The van der Waals surface area contributed by atoms with Crippen LogP contribution in [0.25, 0.3) is 0 Å². The Hall–Kier alpha value is -2.04. The molecule has 1 fully saturated rings. The van der Waals surface area contributed by atoms with Gasteiger partial charge in [-0.25, -0.2) is 0 Å². The molecule has 1 aliphatic carbocycles. The molecular formula is C16H22N2O3. The maximum absolute atomic E-state index is 12.4. The Labute approximate surface area is 124 Å². The lowest BCUT2D eigenvalue weighted by atomic mass is 9.94. The highest BCUT2D eigenvalue weighted by Crippen LogP contribution is 2.48. The summed E-state index contributed by atoms with van der Waals surface area (Å²) < 4.78 is 0. The minimum absolute atomic E-state index is 0.0744. The van der Waals surface area contributed by atoms with Gasteiger partial charge in [0.1, 0.15) is 0 Å². The second kappa shape index (κ2) is 6.16. The van der Waals surface area contributed by atoms with Gasteiger partial charge in [0.2, 0.25) is 5.91 Å². The van der Waals surface area contributed by atoms with Gasteiger partial charge in [0.15, 0.2) is 0 Å². The molecule has 1 unspecified atom stereocenters. The third-order valence-corrected chi connectivity index (χ3v) is 4.14. The van der Waals surface area contributed by atoms with Gasteiger partial charge in [-0.05, 0) is 37.0 Å². The quantitative estimate of drug-likeness (QED) is 0.669. The van der Waals surface area contributed by atoms with E-state index in [0.29, 0.717) is 12.1 Å². The van der Waals surface area contributed by atoms with Gasteiger partial charge in [-0.3, -0.25) is 9.59 Å². The number of hydrogen-bond donors (Lipinski definition) is 3. The molecule has 0 saturated heterocycles. The lowest BCUT2D eigenvalue weighted by molar-refractivity contribution is -0.142. The average Bonchev–Trinajstić information content (AvgIpc) is 3.25. The lowest BCUT2D eigenvalue weighted by Gasteiger charge is -2.18. The molecule has 1 aromatic carbocycles. The van der Waals surface area contributed by atoms with Crippen LogP contribution in [0.3, 0.4) is 0 Å². The van der Waals surface area contributed by atoms with E-state index < -0.39 is 17.3 Å². The summed E-state index contributed by atoms with van der Waals surface area (Å²) in [4.78, 5) is 23.5. The zero-order valence-electron chi connectivity index (χ0n) is 12.3. The SMILES string of the molecule is CCCC(CNC(=O)C1(c2ccc(N)cc2)CC1)C(=O)O. The minimum atomic E-state index is -0.852. The van der Waals surface area contributed by atoms with E-state index in [1.54, 1.807) is 12.1 Å². The maximum atomic E-state index is 12.4. The molecular weight excluding hydrogens is 268 g/mol. The van der Waals surface area contributed by atoms with E-state index in [1.807, 2.05) is 19.1 Å². The van der Waals surface area contributed by atoms with Crippen molar-refractivity contribution < 1.29 is 14.7 Å². The first kappa shape index (κ1) is 15.4. The molecule has 0 bridgehead atoms. The fourth-order valence-electron chi connectivity index (χ4n) is 2.62.